The van der Waals surface area contributed by atoms with Crippen LogP contribution in [0.3, 0.4) is 0 Å². The molecule has 0 aromatic carbocycles. The molecule has 0 N–H and O–H groups in total. The normalized spacial score (nSPS) is 15.6. The van der Waals surface area contributed by atoms with Crippen LogP contribution in [0.4, 0.5) is 0 Å². The second-order valence-corrected chi connectivity index (χ2v) is 6.00. The van der Waals surface area contributed by atoms with Gasteiger partial charge in [0.15, 0.2) is 0 Å². The fourth-order valence-corrected chi connectivity index (χ4v) is 2.92. The lowest BCUT2D eigenvalue weighted by atomic mass is 10.3. The number of nitrogens with zero attached hydrogens (tertiary/aromatic N) is 1. The third-order valence-corrected chi connectivity index (χ3v) is 4.70. The Labute approximate surface area is 118 Å². The van der Waals surface area contributed by atoms with Crippen molar-refractivity contribution in [1.29, 1.82) is 0 Å². The number of hydrogen-bond acceptors (Lipinski definition) is 5. The van der Waals surface area contributed by atoms with Gasteiger partial charge in [0.1, 0.15) is 0 Å². The van der Waals surface area contributed by atoms with Crippen LogP contribution >= 0.6 is 0 Å². The number of hydrogen-bond donors (Lipinski definition) is 0. The quantitative estimate of drug-likeness (QED) is 0.240. The Kier molecular flexibility index (Phi) is 12.2. The highest BCUT2D eigenvalue weighted by molar-refractivity contribution is 6.36. The van der Waals surface area contributed by atoms with Gasteiger partial charge in [0.25, 0.3) is 0 Å². The van der Waals surface area contributed by atoms with Gasteiger partial charge in [0.2, 0.25) is 6.08 Å². The zero-order valence-corrected chi connectivity index (χ0v) is 13.7. The van der Waals surface area contributed by atoms with Crippen LogP contribution in [0.25, 0.3) is 0 Å². The highest BCUT2D eigenvalue weighted by Crippen LogP contribution is 2.07. The fraction of sp³-hybridized carbons (Fsp3) is 0.923. The van der Waals surface area contributed by atoms with E-state index in [0.717, 1.165) is 25.7 Å². The second-order valence-electron chi connectivity index (χ2n) is 4.55. The molecule has 0 saturated heterocycles. The lowest BCUT2D eigenvalue weighted by Crippen LogP contribution is -2.34. The highest BCUT2D eigenvalue weighted by Gasteiger charge is 2.20. The monoisotopic (exact) mass is 289 g/mol. The molecule has 0 aliphatic heterocycles. The van der Waals surface area contributed by atoms with E-state index in [-0.39, 0.29) is 12.2 Å². The Balaban J connectivity index is 3.93. The zero-order chi connectivity index (χ0) is 14.5. The first-order chi connectivity index (χ1) is 9.13. The summed E-state index contributed by atoms with van der Waals surface area (Å²) in [6.07, 6.45) is 5.43. The van der Waals surface area contributed by atoms with E-state index in [1.807, 2.05) is 13.8 Å². The zero-order valence-electron chi connectivity index (χ0n) is 12.6. The maximum absolute atomic E-state index is 9.90. The summed E-state index contributed by atoms with van der Waals surface area (Å²) >= 11 is 0. The van der Waals surface area contributed by atoms with Gasteiger partial charge in [-0.25, -0.2) is 9.79 Å². The SMILES string of the molecule is CCC(C)O[SiH](OCCCCN=C=O)OC(C)CC. The van der Waals surface area contributed by atoms with Crippen molar-refractivity contribution in [2.75, 3.05) is 13.2 Å². The van der Waals surface area contributed by atoms with E-state index in [0.29, 0.717) is 13.2 Å². The summed E-state index contributed by atoms with van der Waals surface area (Å²) in [5.41, 5.74) is 0. The first kappa shape index (κ1) is 18.5. The summed E-state index contributed by atoms with van der Waals surface area (Å²) in [5.74, 6) is 0. The van der Waals surface area contributed by atoms with Crippen LogP contribution in [0.5, 0.6) is 0 Å². The number of aliphatic imine (C=N–C) groups is 1. The van der Waals surface area contributed by atoms with E-state index in [1.54, 1.807) is 0 Å². The van der Waals surface area contributed by atoms with E-state index in [1.165, 1.54) is 6.08 Å². The van der Waals surface area contributed by atoms with Crippen molar-refractivity contribution in [2.45, 2.75) is 65.6 Å². The molecule has 2 atom stereocenters. The van der Waals surface area contributed by atoms with E-state index in [2.05, 4.69) is 18.8 Å². The predicted octanol–water partition coefficient (Wildman–Crippen LogP) is 2.47. The molecule has 2 unspecified atom stereocenters. The average Bonchev–Trinajstić information content (AvgIpc) is 2.41. The molecule has 0 bridgehead atoms. The van der Waals surface area contributed by atoms with Gasteiger partial charge < -0.3 is 13.3 Å². The van der Waals surface area contributed by atoms with Crippen LogP contribution in [0.2, 0.25) is 0 Å². The first-order valence-electron chi connectivity index (χ1n) is 7.10. The molecule has 0 aliphatic carbocycles. The summed E-state index contributed by atoms with van der Waals surface area (Å²) in [7, 11) is -2.05. The number of unbranched alkanes of at least 4 members (excludes halogenated alkanes) is 1. The van der Waals surface area contributed by atoms with Crippen molar-refractivity contribution in [1.82, 2.24) is 0 Å². The van der Waals surface area contributed by atoms with Gasteiger partial charge in [-0.2, -0.15) is 0 Å². The van der Waals surface area contributed by atoms with Gasteiger partial charge in [-0.15, -0.1) is 0 Å². The molecule has 0 saturated carbocycles. The topological polar surface area (TPSA) is 57.1 Å². The van der Waals surface area contributed by atoms with E-state index in [4.69, 9.17) is 13.3 Å². The van der Waals surface area contributed by atoms with Crippen LogP contribution in [0.1, 0.15) is 53.4 Å². The maximum Gasteiger partial charge on any atom is 0.484 e. The Morgan fingerprint density at radius 2 is 1.68 bits per heavy atom. The Hall–Kier alpha value is -0.523. The average molecular weight is 289 g/mol. The van der Waals surface area contributed by atoms with Crippen molar-refractivity contribution >= 4 is 15.6 Å². The molecule has 112 valence electrons. The van der Waals surface area contributed by atoms with Crippen LogP contribution in [-0.4, -0.2) is 41.0 Å². The van der Waals surface area contributed by atoms with E-state index in [9.17, 15) is 4.79 Å². The van der Waals surface area contributed by atoms with Crippen LogP contribution in [0, 0.1) is 0 Å². The van der Waals surface area contributed by atoms with Crippen molar-refractivity contribution < 1.29 is 18.1 Å². The first-order valence-corrected chi connectivity index (χ1v) is 8.51. The third-order valence-electron chi connectivity index (χ3n) is 2.82. The Morgan fingerprint density at radius 3 is 2.16 bits per heavy atom. The molecular weight excluding hydrogens is 262 g/mol. The Bertz CT molecular complexity index is 247. The third kappa shape index (κ3) is 11.0. The maximum atomic E-state index is 9.90. The number of isocyanates is 1. The van der Waals surface area contributed by atoms with E-state index < -0.39 is 9.53 Å². The molecule has 0 aliphatic rings. The minimum Gasteiger partial charge on any atom is -0.376 e. The molecule has 0 spiro atoms. The summed E-state index contributed by atoms with van der Waals surface area (Å²) in [4.78, 5) is 13.4. The smallest absolute Gasteiger partial charge is 0.376 e. The molecular formula is C13H27NO4Si. The summed E-state index contributed by atoms with van der Waals surface area (Å²) < 4.78 is 17.3. The van der Waals surface area contributed by atoms with Gasteiger partial charge in [0, 0.05) is 18.8 Å². The molecule has 0 rings (SSSR count). The van der Waals surface area contributed by atoms with Crippen LogP contribution < -0.4 is 0 Å². The molecule has 0 heterocycles. The number of carbonyl (C=O) groups excluding carboxylic acids is 1. The van der Waals surface area contributed by atoms with Gasteiger partial charge in [0.05, 0.1) is 6.54 Å². The Morgan fingerprint density at radius 1 is 1.11 bits per heavy atom. The largest absolute Gasteiger partial charge is 0.484 e. The number of rotatable bonds is 12. The summed E-state index contributed by atoms with van der Waals surface area (Å²) in [6.45, 7) is 9.33. The van der Waals surface area contributed by atoms with Crippen molar-refractivity contribution in [2.24, 2.45) is 4.99 Å². The predicted molar refractivity (Wildman–Crippen MR) is 77.0 cm³/mol. The summed E-state index contributed by atoms with van der Waals surface area (Å²) in [5, 5.41) is 0. The fourth-order valence-electron chi connectivity index (χ4n) is 1.20. The molecule has 6 heteroatoms. The summed E-state index contributed by atoms with van der Waals surface area (Å²) in [6, 6.07) is 0. The van der Waals surface area contributed by atoms with Gasteiger partial charge >= 0.3 is 9.53 Å². The van der Waals surface area contributed by atoms with Gasteiger partial charge in [-0.1, -0.05) is 13.8 Å². The molecule has 0 aromatic rings. The molecule has 0 radical (unpaired) electrons. The van der Waals surface area contributed by atoms with Gasteiger partial charge in [-0.3, -0.25) is 0 Å². The van der Waals surface area contributed by atoms with Crippen molar-refractivity contribution in [3.8, 4) is 0 Å². The molecule has 0 amide bonds. The van der Waals surface area contributed by atoms with Crippen LogP contribution in [0.15, 0.2) is 4.99 Å². The van der Waals surface area contributed by atoms with E-state index >= 15 is 0 Å². The lowest BCUT2D eigenvalue weighted by Gasteiger charge is -2.23. The van der Waals surface area contributed by atoms with Crippen molar-refractivity contribution in [3.63, 3.8) is 0 Å². The highest BCUT2D eigenvalue weighted by atomic mass is 28.3. The lowest BCUT2D eigenvalue weighted by molar-refractivity contribution is 0.0375. The van der Waals surface area contributed by atoms with Gasteiger partial charge in [-0.05, 0) is 39.5 Å². The minimum atomic E-state index is -2.05. The van der Waals surface area contributed by atoms with Crippen LogP contribution in [-0.2, 0) is 18.1 Å². The molecule has 5 nitrogen and oxygen atoms in total. The van der Waals surface area contributed by atoms with Crippen molar-refractivity contribution in [3.05, 3.63) is 0 Å². The molecule has 0 fully saturated rings. The second kappa shape index (κ2) is 12.5. The standard InChI is InChI=1S/C13H27NO4Si/c1-5-12(3)17-19(18-13(4)6-2)16-10-8-7-9-14-11-15/h12-13,19H,5-10H2,1-4H3. The minimum absolute atomic E-state index is 0.167. The molecule has 0 aromatic heterocycles. The molecule has 19 heavy (non-hydrogen) atoms.